The Hall–Kier alpha value is -0.0400. The van der Waals surface area contributed by atoms with Crippen LogP contribution in [0.25, 0.3) is 0 Å². The van der Waals surface area contributed by atoms with Gasteiger partial charge in [-0.15, -0.1) is 0 Å². The Bertz CT molecular complexity index is 259. The van der Waals surface area contributed by atoms with Crippen LogP contribution in [-0.4, -0.2) is 11.7 Å². The van der Waals surface area contributed by atoms with E-state index in [-0.39, 0.29) is 0 Å². The van der Waals surface area contributed by atoms with Gasteiger partial charge in [0.25, 0.3) is 0 Å². The number of ether oxygens (including phenoxy) is 1. The molecule has 0 aliphatic heterocycles. The maximum absolute atomic E-state index is 6.31. The van der Waals surface area contributed by atoms with Crippen LogP contribution in [0.3, 0.4) is 0 Å². The van der Waals surface area contributed by atoms with Crippen LogP contribution in [0.2, 0.25) is 0 Å². The van der Waals surface area contributed by atoms with E-state index in [1.807, 2.05) is 0 Å². The van der Waals surface area contributed by atoms with Crippen LogP contribution in [-0.2, 0) is 4.74 Å². The lowest BCUT2D eigenvalue weighted by atomic mass is 9.66. The molecule has 0 N–H and O–H groups in total. The summed E-state index contributed by atoms with van der Waals surface area (Å²) in [6.45, 7) is 9.40. The summed E-state index contributed by atoms with van der Waals surface area (Å²) in [5, 5.41) is 0. The summed E-state index contributed by atoms with van der Waals surface area (Å²) < 4.78 is 6.31. The molecule has 0 spiro atoms. The highest BCUT2D eigenvalue weighted by molar-refractivity contribution is 5.28. The van der Waals surface area contributed by atoms with Gasteiger partial charge in [-0.3, -0.25) is 0 Å². The van der Waals surface area contributed by atoms with E-state index in [2.05, 4.69) is 27.7 Å². The number of fused-ring (bicyclic) bond motifs is 1. The zero-order valence-electron chi connectivity index (χ0n) is 9.84. The van der Waals surface area contributed by atoms with E-state index >= 15 is 0 Å². The minimum absolute atomic E-state index is 0.397. The zero-order chi connectivity index (χ0) is 10.1. The average Bonchev–Trinajstić information content (AvgIpc) is 2.82. The highest BCUT2D eigenvalue weighted by atomic mass is 16.5. The van der Waals surface area contributed by atoms with Gasteiger partial charge in [0.1, 0.15) is 0 Å². The highest BCUT2D eigenvalue weighted by Crippen LogP contribution is 2.75. The van der Waals surface area contributed by atoms with Crippen LogP contribution < -0.4 is 0 Å². The molecule has 5 atom stereocenters. The van der Waals surface area contributed by atoms with E-state index in [1.165, 1.54) is 19.3 Å². The lowest BCUT2D eigenvalue weighted by molar-refractivity contribution is -0.118. The lowest BCUT2D eigenvalue weighted by Gasteiger charge is -2.45. The van der Waals surface area contributed by atoms with Gasteiger partial charge < -0.3 is 4.74 Å². The lowest BCUT2D eigenvalue weighted by Crippen LogP contribution is -2.43. The van der Waals surface area contributed by atoms with E-state index in [1.54, 1.807) is 0 Å². The highest BCUT2D eigenvalue weighted by Gasteiger charge is 2.79. The van der Waals surface area contributed by atoms with Crippen molar-refractivity contribution in [3.63, 3.8) is 0 Å². The van der Waals surface area contributed by atoms with Crippen molar-refractivity contribution in [2.45, 2.75) is 58.7 Å². The molecule has 0 aromatic rings. The van der Waals surface area contributed by atoms with Crippen LogP contribution in [0.5, 0.6) is 0 Å². The molecule has 0 radical (unpaired) electrons. The standard InChI is InChI=1S/C13H22O/c1-8-10-7-13(8,10)14-11-6-5-9(11)12(2,3)4/h8-11H,5-7H2,1-4H3. The van der Waals surface area contributed by atoms with Crippen molar-refractivity contribution in [3.05, 3.63) is 0 Å². The minimum Gasteiger partial charge on any atom is -0.371 e. The first-order valence-electron chi connectivity index (χ1n) is 6.13. The summed E-state index contributed by atoms with van der Waals surface area (Å²) in [5.74, 6) is 2.64. The third-order valence-corrected chi connectivity index (χ3v) is 4.97. The van der Waals surface area contributed by atoms with Gasteiger partial charge in [-0.2, -0.15) is 0 Å². The predicted molar refractivity (Wildman–Crippen MR) is 57.1 cm³/mol. The molecule has 0 aromatic heterocycles. The van der Waals surface area contributed by atoms with Crippen molar-refractivity contribution in [2.24, 2.45) is 23.2 Å². The molecule has 3 fully saturated rings. The quantitative estimate of drug-likeness (QED) is 0.655. The first-order valence-corrected chi connectivity index (χ1v) is 6.13. The average molecular weight is 194 g/mol. The maximum Gasteiger partial charge on any atom is 0.0752 e. The predicted octanol–water partition coefficient (Wildman–Crippen LogP) is 3.24. The molecule has 0 saturated heterocycles. The molecule has 0 aromatic carbocycles. The van der Waals surface area contributed by atoms with E-state index in [0.717, 1.165) is 17.8 Å². The van der Waals surface area contributed by atoms with E-state index in [4.69, 9.17) is 4.74 Å². The van der Waals surface area contributed by atoms with Gasteiger partial charge in [0.2, 0.25) is 0 Å². The topological polar surface area (TPSA) is 9.23 Å². The minimum atomic E-state index is 0.397. The second-order valence-corrected chi connectivity index (χ2v) is 6.76. The second-order valence-electron chi connectivity index (χ2n) is 6.76. The summed E-state index contributed by atoms with van der Waals surface area (Å²) in [4.78, 5) is 0. The molecule has 0 bridgehead atoms. The van der Waals surface area contributed by atoms with Crippen molar-refractivity contribution in [3.8, 4) is 0 Å². The van der Waals surface area contributed by atoms with Crippen molar-refractivity contribution in [1.82, 2.24) is 0 Å². The fraction of sp³-hybridized carbons (Fsp3) is 1.00. The second kappa shape index (κ2) is 2.37. The van der Waals surface area contributed by atoms with Gasteiger partial charge in [0, 0.05) is 0 Å². The summed E-state index contributed by atoms with van der Waals surface area (Å²) in [6, 6.07) is 0. The monoisotopic (exact) mass is 194 g/mol. The van der Waals surface area contributed by atoms with Crippen LogP contribution in [0.15, 0.2) is 0 Å². The van der Waals surface area contributed by atoms with Gasteiger partial charge in [-0.1, -0.05) is 27.7 Å². The molecule has 3 aliphatic carbocycles. The van der Waals surface area contributed by atoms with Crippen LogP contribution >= 0.6 is 0 Å². The van der Waals surface area contributed by atoms with E-state index in [9.17, 15) is 0 Å². The van der Waals surface area contributed by atoms with Gasteiger partial charge in [0.15, 0.2) is 0 Å². The summed E-state index contributed by atoms with van der Waals surface area (Å²) >= 11 is 0. The molecule has 0 heterocycles. The van der Waals surface area contributed by atoms with Crippen molar-refractivity contribution in [1.29, 1.82) is 0 Å². The molecule has 0 amide bonds. The smallest absolute Gasteiger partial charge is 0.0752 e. The Labute approximate surface area is 87.2 Å². The Kier molecular flexibility index (Phi) is 1.56. The van der Waals surface area contributed by atoms with Gasteiger partial charge in [-0.25, -0.2) is 0 Å². The van der Waals surface area contributed by atoms with Crippen LogP contribution in [0, 0.1) is 23.2 Å². The molecule has 3 rings (SSSR count). The summed E-state index contributed by atoms with van der Waals surface area (Å²) in [6.07, 6.45) is 4.64. The fourth-order valence-electron chi connectivity index (χ4n) is 3.31. The largest absolute Gasteiger partial charge is 0.371 e. The molecule has 1 nitrogen and oxygen atoms in total. The number of hydrogen-bond acceptors (Lipinski definition) is 1. The molecule has 1 heteroatoms. The van der Waals surface area contributed by atoms with Crippen molar-refractivity contribution < 1.29 is 4.74 Å². The fourth-order valence-corrected chi connectivity index (χ4v) is 3.31. The van der Waals surface area contributed by atoms with E-state index < -0.39 is 0 Å². The normalized spacial score (nSPS) is 54.9. The first kappa shape index (κ1) is 9.21. The molecular formula is C13H22O. The van der Waals surface area contributed by atoms with Crippen molar-refractivity contribution in [2.75, 3.05) is 0 Å². The molecule has 3 saturated carbocycles. The van der Waals surface area contributed by atoms with Gasteiger partial charge >= 0.3 is 0 Å². The number of hydrogen-bond donors (Lipinski definition) is 0. The molecule has 14 heavy (non-hydrogen) atoms. The molecular weight excluding hydrogens is 172 g/mol. The Morgan fingerprint density at radius 3 is 2.14 bits per heavy atom. The zero-order valence-corrected chi connectivity index (χ0v) is 9.84. The Morgan fingerprint density at radius 2 is 1.86 bits per heavy atom. The molecule has 80 valence electrons. The Morgan fingerprint density at radius 1 is 1.21 bits per heavy atom. The Balaban J connectivity index is 1.60. The number of rotatable bonds is 2. The van der Waals surface area contributed by atoms with Crippen molar-refractivity contribution >= 4 is 0 Å². The third-order valence-electron chi connectivity index (χ3n) is 4.97. The maximum atomic E-state index is 6.31. The van der Waals surface area contributed by atoms with Gasteiger partial charge in [0.05, 0.1) is 11.7 Å². The first-order chi connectivity index (χ1) is 6.45. The van der Waals surface area contributed by atoms with E-state index in [0.29, 0.717) is 17.1 Å². The van der Waals surface area contributed by atoms with Crippen LogP contribution in [0.1, 0.15) is 47.0 Å². The molecule has 3 aliphatic rings. The third kappa shape index (κ3) is 1.05. The SMILES string of the molecule is CC1C2CC12OC1CCC1C(C)(C)C. The van der Waals surface area contributed by atoms with Gasteiger partial charge in [-0.05, 0) is 42.4 Å². The molecule has 5 unspecified atom stereocenters. The summed E-state index contributed by atoms with van der Waals surface area (Å²) in [7, 11) is 0. The van der Waals surface area contributed by atoms with Crippen LogP contribution in [0.4, 0.5) is 0 Å². The summed E-state index contributed by atoms with van der Waals surface area (Å²) in [5.41, 5.74) is 0.844.